The van der Waals surface area contributed by atoms with E-state index in [-0.39, 0.29) is 6.04 Å². The molecule has 1 atom stereocenters. The highest BCUT2D eigenvalue weighted by Crippen LogP contribution is 2.15. The van der Waals surface area contributed by atoms with Crippen molar-refractivity contribution in [3.8, 4) is 0 Å². The van der Waals surface area contributed by atoms with E-state index in [1.165, 1.54) is 0 Å². The average molecular weight is 222 g/mol. The van der Waals surface area contributed by atoms with Crippen molar-refractivity contribution in [3.05, 3.63) is 34.0 Å². The zero-order valence-corrected chi connectivity index (χ0v) is 9.66. The predicted octanol–water partition coefficient (Wildman–Crippen LogP) is 1.43. The first-order valence-corrected chi connectivity index (χ1v) is 5.69. The molecule has 2 aromatic rings. The van der Waals surface area contributed by atoms with Crippen LogP contribution in [0.15, 0.2) is 17.6 Å². The zero-order chi connectivity index (χ0) is 10.8. The van der Waals surface area contributed by atoms with Crippen LogP contribution in [0, 0.1) is 6.92 Å². The third-order valence-electron chi connectivity index (χ3n) is 2.21. The normalized spacial score (nSPS) is 13.0. The van der Waals surface area contributed by atoms with Gasteiger partial charge in [0.2, 0.25) is 0 Å². The molecule has 2 heterocycles. The molecule has 15 heavy (non-hydrogen) atoms. The summed E-state index contributed by atoms with van der Waals surface area (Å²) in [5.74, 6) is 0. The predicted molar refractivity (Wildman–Crippen MR) is 60.7 cm³/mol. The van der Waals surface area contributed by atoms with E-state index in [1.807, 2.05) is 26.2 Å². The first-order valence-electron chi connectivity index (χ1n) is 4.81. The van der Waals surface area contributed by atoms with Gasteiger partial charge < -0.3 is 5.73 Å². The van der Waals surface area contributed by atoms with Crippen LogP contribution in [0.3, 0.4) is 0 Å². The second kappa shape index (κ2) is 4.12. The van der Waals surface area contributed by atoms with E-state index in [0.29, 0.717) is 0 Å². The molecule has 0 aliphatic rings. The highest BCUT2D eigenvalue weighted by atomic mass is 32.1. The second-order valence-electron chi connectivity index (χ2n) is 3.58. The van der Waals surface area contributed by atoms with Gasteiger partial charge in [-0.1, -0.05) is 0 Å². The highest BCUT2D eigenvalue weighted by molar-refractivity contribution is 7.09. The lowest BCUT2D eigenvalue weighted by Crippen LogP contribution is -2.14. The third-order valence-corrected chi connectivity index (χ3v) is 3.03. The number of aryl methyl sites for hydroxylation is 2. The highest BCUT2D eigenvalue weighted by Gasteiger charge is 2.11. The summed E-state index contributed by atoms with van der Waals surface area (Å²) >= 11 is 1.65. The molecule has 0 bridgehead atoms. The van der Waals surface area contributed by atoms with Crippen LogP contribution in [-0.2, 0) is 13.5 Å². The largest absolute Gasteiger partial charge is 0.322 e. The van der Waals surface area contributed by atoms with Gasteiger partial charge in [0, 0.05) is 25.0 Å². The van der Waals surface area contributed by atoms with E-state index in [2.05, 4.69) is 15.5 Å². The van der Waals surface area contributed by atoms with Gasteiger partial charge in [0.25, 0.3) is 0 Å². The van der Waals surface area contributed by atoms with Gasteiger partial charge in [-0.2, -0.15) is 5.10 Å². The van der Waals surface area contributed by atoms with Crippen LogP contribution in [0.2, 0.25) is 0 Å². The summed E-state index contributed by atoms with van der Waals surface area (Å²) in [6.07, 6.45) is 2.66. The lowest BCUT2D eigenvalue weighted by Gasteiger charge is -2.05. The second-order valence-corrected chi connectivity index (χ2v) is 4.64. The number of nitrogens with two attached hydrogens (primary N) is 1. The van der Waals surface area contributed by atoms with Gasteiger partial charge in [-0.05, 0) is 13.0 Å². The van der Waals surface area contributed by atoms with Crippen molar-refractivity contribution in [1.82, 2.24) is 14.8 Å². The molecule has 2 rings (SSSR count). The van der Waals surface area contributed by atoms with Crippen molar-refractivity contribution in [2.75, 3.05) is 0 Å². The van der Waals surface area contributed by atoms with E-state index >= 15 is 0 Å². The molecule has 0 fully saturated rings. The zero-order valence-electron chi connectivity index (χ0n) is 8.84. The molecule has 0 aliphatic heterocycles. The topological polar surface area (TPSA) is 56.7 Å². The summed E-state index contributed by atoms with van der Waals surface area (Å²) < 4.78 is 1.77. The van der Waals surface area contributed by atoms with E-state index in [1.54, 1.807) is 16.0 Å². The van der Waals surface area contributed by atoms with Crippen LogP contribution in [0.5, 0.6) is 0 Å². The number of aromatic nitrogens is 3. The maximum atomic E-state index is 6.04. The fourth-order valence-electron chi connectivity index (χ4n) is 1.46. The van der Waals surface area contributed by atoms with E-state index in [9.17, 15) is 0 Å². The summed E-state index contributed by atoms with van der Waals surface area (Å²) in [7, 11) is 1.89. The smallest absolute Gasteiger partial charge is 0.0897 e. The third kappa shape index (κ3) is 2.43. The molecular formula is C10H14N4S. The minimum absolute atomic E-state index is 0.0623. The molecule has 0 aliphatic carbocycles. The lowest BCUT2D eigenvalue weighted by atomic mass is 10.1. The van der Waals surface area contributed by atoms with Crippen molar-refractivity contribution in [3.63, 3.8) is 0 Å². The van der Waals surface area contributed by atoms with Crippen LogP contribution >= 0.6 is 11.3 Å². The molecule has 80 valence electrons. The van der Waals surface area contributed by atoms with Crippen molar-refractivity contribution in [1.29, 1.82) is 0 Å². The van der Waals surface area contributed by atoms with Crippen LogP contribution in [-0.4, -0.2) is 14.8 Å². The quantitative estimate of drug-likeness (QED) is 0.854. The SMILES string of the molecule is Cc1nc(CC(N)c2ccn(C)n2)cs1. The molecular weight excluding hydrogens is 208 g/mol. The molecule has 0 saturated heterocycles. The molecule has 0 aromatic carbocycles. The molecule has 0 spiro atoms. The number of hydrogen-bond donors (Lipinski definition) is 1. The van der Waals surface area contributed by atoms with E-state index in [4.69, 9.17) is 5.73 Å². The first kappa shape index (κ1) is 10.3. The Labute approximate surface area is 92.8 Å². The summed E-state index contributed by atoms with van der Waals surface area (Å²) in [6, 6.07) is 1.89. The fourth-order valence-corrected chi connectivity index (χ4v) is 2.09. The maximum Gasteiger partial charge on any atom is 0.0897 e. The van der Waals surface area contributed by atoms with E-state index < -0.39 is 0 Å². The molecule has 0 saturated carbocycles. The molecule has 1 unspecified atom stereocenters. The number of nitrogens with zero attached hydrogens (tertiary/aromatic N) is 3. The molecule has 4 nitrogen and oxygen atoms in total. The first-order chi connectivity index (χ1) is 7.15. The Balaban J connectivity index is 2.06. The lowest BCUT2D eigenvalue weighted by molar-refractivity contribution is 0.650. The monoisotopic (exact) mass is 222 g/mol. The Hall–Kier alpha value is -1.20. The Morgan fingerprint density at radius 1 is 1.60 bits per heavy atom. The van der Waals surface area contributed by atoms with Crippen LogP contribution in [0.4, 0.5) is 0 Å². The fraction of sp³-hybridized carbons (Fsp3) is 0.400. The van der Waals surface area contributed by atoms with Gasteiger partial charge >= 0.3 is 0 Å². The molecule has 2 aromatic heterocycles. The summed E-state index contributed by atoms with van der Waals surface area (Å²) in [5, 5.41) is 7.42. The Morgan fingerprint density at radius 3 is 2.93 bits per heavy atom. The Morgan fingerprint density at radius 2 is 2.40 bits per heavy atom. The van der Waals surface area contributed by atoms with Gasteiger partial charge in [0.1, 0.15) is 0 Å². The van der Waals surface area contributed by atoms with Crippen molar-refractivity contribution < 1.29 is 0 Å². The minimum Gasteiger partial charge on any atom is -0.322 e. The molecule has 5 heteroatoms. The standard InChI is InChI=1S/C10H14N4S/c1-7-12-8(6-15-7)5-9(11)10-3-4-14(2)13-10/h3-4,6,9H,5,11H2,1-2H3. The van der Waals surface area contributed by atoms with Gasteiger partial charge in [-0.25, -0.2) is 4.98 Å². The van der Waals surface area contributed by atoms with E-state index in [0.717, 1.165) is 22.8 Å². The van der Waals surface area contributed by atoms with Crippen LogP contribution in [0.25, 0.3) is 0 Å². The van der Waals surface area contributed by atoms with Gasteiger partial charge in [0.05, 0.1) is 22.4 Å². The van der Waals surface area contributed by atoms with Crippen molar-refractivity contribution in [2.45, 2.75) is 19.4 Å². The number of rotatable bonds is 3. The molecule has 2 N–H and O–H groups in total. The maximum absolute atomic E-state index is 6.04. The summed E-state index contributed by atoms with van der Waals surface area (Å²) in [4.78, 5) is 4.39. The molecule has 0 radical (unpaired) electrons. The van der Waals surface area contributed by atoms with Crippen molar-refractivity contribution >= 4 is 11.3 Å². The Bertz CT molecular complexity index is 446. The average Bonchev–Trinajstić information content (AvgIpc) is 2.75. The van der Waals surface area contributed by atoms with Gasteiger partial charge in [0.15, 0.2) is 0 Å². The summed E-state index contributed by atoms with van der Waals surface area (Å²) in [5.41, 5.74) is 8.01. The van der Waals surface area contributed by atoms with Gasteiger partial charge in [-0.15, -0.1) is 11.3 Å². The summed E-state index contributed by atoms with van der Waals surface area (Å²) in [6.45, 7) is 2.00. The Kier molecular flexibility index (Phi) is 2.83. The minimum atomic E-state index is -0.0623. The van der Waals surface area contributed by atoms with Crippen molar-refractivity contribution in [2.24, 2.45) is 12.8 Å². The number of thiazole rings is 1. The van der Waals surface area contributed by atoms with Crippen LogP contribution < -0.4 is 5.73 Å². The van der Waals surface area contributed by atoms with Crippen LogP contribution in [0.1, 0.15) is 22.4 Å². The molecule has 0 amide bonds. The van der Waals surface area contributed by atoms with Gasteiger partial charge in [-0.3, -0.25) is 4.68 Å². The number of hydrogen-bond acceptors (Lipinski definition) is 4.